The highest BCUT2D eigenvalue weighted by atomic mass is 16.5. The molecule has 0 saturated heterocycles. The predicted octanol–water partition coefficient (Wildman–Crippen LogP) is 4.09. The highest BCUT2D eigenvalue weighted by molar-refractivity contribution is 5.29. The average molecular weight is 206 g/mol. The van der Waals surface area contributed by atoms with Crippen molar-refractivity contribution < 1.29 is 4.74 Å². The topological polar surface area (TPSA) is 9.23 Å². The van der Waals surface area contributed by atoms with E-state index >= 15 is 0 Å². The maximum absolute atomic E-state index is 5.83. The fourth-order valence-electron chi connectivity index (χ4n) is 1.52. The highest BCUT2D eigenvalue weighted by Gasteiger charge is 2.18. The molecule has 1 rings (SSSR count). The van der Waals surface area contributed by atoms with E-state index < -0.39 is 0 Å². The Morgan fingerprint density at radius 1 is 1.47 bits per heavy atom. The van der Waals surface area contributed by atoms with Crippen LogP contribution in [0.3, 0.4) is 0 Å². The van der Waals surface area contributed by atoms with Crippen LogP contribution in [-0.2, 0) is 4.74 Å². The molecular formula is C14H22O. The SMILES string of the molecule is C=CC1=CC=C(OCC(C)(C)C)C(C)C1. The molecule has 1 nitrogen and oxygen atoms in total. The van der Waals surface area contributed by atoms with Gasteiger partial charge in [0.05, 0.1) is 12.4 Å². The van der Waals surface area contributed by atoms with Gasteiger partial charge >= 0.3 is 0 Å². The molecule has 0 radical (unpaired) electrons. The van der Waals surface area contributed by atoms with E-state index in [2.05, 4.69) is 46.4 Å². The van der Waals surface area contributed by atoms with E-state index in [-0.39, 0.29) is 5.41 Å². The smallest absolute Gasteiger partial charge is 0.0991 e. The molecule has 1 atom stereocenters. The first-order valence-electron chi connectivity index (χ1n) is 5.58. The minimum absolute atomic E-state index is 0.225. The van der Waals surface area contributed by atoms with E-state index in [1.165, 1.54) is 5.57 Å². The summed E-state index contributed by atoms with van der Waals surface area (Å²) in [6, 6.07) is 0. The molecule has 0 aromatic rings. The number of hydrogen-bond acceptors (Lipinski definition) is 1. The van der Waals surface area contributed by atoms with Gasteiger partial charge in [0, 0.05) is 5.92 Å². The lowest BCUT2D eigenvalue weighted by atomic mass is 9.93. The summed E-state index contributed by atoms with van der Waals surface area (Å²) < 4.78 is 5.83. The van der Waals surface area contributed by atoms with Gasteiger partial charge in [-0.2, -0.15) is 0 Å². The molecule has 0 amide bonds. The Morgan fingerprint density at radius 3 is 2.60 bits per heavy atom. The van der Waals surface area contributed by atoms with Crippen molar-refractivity contribution in [2.45, 2.75) is 34.1 Å². The van der Waals surface area contributed by atoms with Crippen LogP contribution in [0.2, 0.25) is 0 Å². The zero-order valence-electron chi connectivity index (χ0n) is 10.3. The standard InChI is InChI=1S/C14H22O/c1-6-12-7-8-13(11(2)9-12)15-10-14(3,4)5/h6-8,11H,1,9-10H2,2-5H3. The largest absolute Gasteiger partial charge is 0.497 e. The third kappa shape index (κ3) is 3.94. The van der Waals surface area contributed by atoms with Gasteiger partial charge in [-0.3, -0.25) is 0 Å². The summed E-state index contributed by atoms with van der Waals surface area (Å²) in [5.74, 6) is 1.58. The second-order valence-electron chi connectivity index (χ2n) is 5.47. The Balaban J connectivity index is 2.59. The van der Waals surface area contributed by atoms with Crippen molar-refractivity contribution in [3.8, 4) is 0 Å². The first kappa shape index (κ1) is 12.1. The Hall–Kier alpha value is -0.980. The molecule has 15 heavy (non-hydrogen) atoms. The fourth-order valence-corrected chi connectivity index (χ4v) is 1.52. The van der Waals surface area contributed by atoms with Gasteiger partial charge in [-0.1, -0.05) is 46.4 Å². The van der Waals surface area contributed by atoms with Crippen LogP contribution in [0.1, 0.15) is 34.1 Å². The maximum Gasteiger partial charge on any atom is 0.0991 e. The van der Waals surface area contributed by atoms with Crippen molar-refractivity contribution in [3.63, 3.8) is 0 Å². The lowest BCUT2D eigenvalue weighted by Crippen LogP contribution is -2.17. The molecule has 84 valence electrons. The minimum Gasteiger partial charge on any atom is -0.497 e. The van der Waals surface area contributed by atoms with E-state index in [0.717, 1.165) is 18.8 Å². The molecule has 0 bridgehead atoms. The molecule has 1 unspecified atom stereocenters. The van der Waals surface area contributed by atoms with Crippen LogP contribution < -0.4 is 0 Å². The first-order chi connectivity index (χ1) is 6.92. The number of hydrogen-bond donors (Lipinski definition) is 0. The molecule has 0 aliphatic heterocycles. The summed E-state index contributed by atoms with van der Waals surface area (Å²) in [5.41, 5.74) is 1.52. The van der Waals surface area contributed by atoms with E-state index in [0.29, 0.717) is 5.92 Å². The first-order valence-corrected chi connectivity index (χ1v) is 5.58. The molecule has 1 aliphatic carbocycles. The van der Waals surface area contributed by atoms with Crippen molar-refractivity contribution >= 4 is 0 Å². The number of allylic oxidation sites excluding steroid dienone is 5. The second-order valence-corrected chi connectivity index (χ2v) is 5.47. The van der Waals surface area contributed by atoms with Crippen LogP contribution in [0.4, 0.5) is 0 Å². The van der Waals surface area contributed by atoms with E-state index in [4.69, 9.17) is 4.74 Å². The molecule has 1 aliphatic rings. The van der Waals surface area contributed by atoms with E-state index in [9.17, 15) is 0 Å². The van der Waals surface area contributed by atoms with Gasteiger partial charge in [0.15, 0.2) is 0 Å². The van der Waals surface area contributed by atoms with Crippen LogP contribution in [-0.4, -0.2) is 6.61 Å². The van der Waals surface area contributed by atoms with Gasteiger partial charge in [0.1, 0.15) is 0 Å². The Labute approximate surface area is 93.5 Å². The third-order valence-corrected chi connectivity index (χ3v) is 2.42. The van der Waals surface area contributed by atoms with E-state index in [1.54, 1.807) is 0 Å². The molecule has 0 aromatic heterocycles. The lowest BCUT2D eigenvalue weighted by molar-refractivity contribution is 0.108. The predicted molar refractivity (Wildman–Crippen MR) is 65.6 cm³/mol. The van der Waals surface area contributed by atoms with Crippen molar-refractivity contribution in [1.29, 1.82) is 0 Å². The quantitative estimate of drug-likeness (QED) is 0.676. The Bertz CT molecular complexity index is 289. The molecular weight excluding hydrogens is 184 g/mol. The minimum atomic E-state index is 0.225. The third-order valence-electron chi connectivity index (χ3n) is 2.42. The van der Waals surface area contributed by atoms with Crippen LogP contribution in [0.5, 0.6) is 0 Å². The summed E-state index contributed by atoms with van der Waals surface area (Å²) in [7, 11) is 0. The molecule has 0 aromatic carbocycles. The highest BCUT2D eigenvalue weighted by Crippen LogP contribution is 2.27. The molecule has 0 saturated carbocycles. The van der Waals surface area contributed by atoms with Crippen LogP contribution in [0.25, 0.3) is 0 Å². The lowest BCUT2D eigenvalue weighted by Gasteiger charge is -2.25. The van der Waals surface area contributed by atoms with Gasteiger partial charge in [0.25, 0.3) is 0 Å². The van der Waals surface area contributed by atoms with Crippen LogP contribution >= 0.6 is 0 Å². The van der Waals surface area contributed by atoms with Gasteiger partial charge in [-0.15, -0.1) is 0 Å². The van der Waals surface area contributed by atoms with Crippen molar-refractivity contribution in [1.82, 2.24) is 0 Å². The normalized spacial score (nSPS) is 21.7. The monoisotopic (exact) mass is 206 g/mol. The Morgan fingerprint density at radius 2 is 2.13 bits per heavy atom. The maximum atomic E-state index is 5.83. The molecule has 0 spiro atoms. The van der Waals surface area contributed by atoms with Crippen molar-refractivity contribution in [2.24, 2.45) is 11.3 Å². The zero-order chi connectivity index (χ0) is 11.5. The van der Waals surface area contributed by atoms with Crippen LogP contribution in [0.15, 0.2) is 36.1 Å². The fraction of sp³-hybridized carbons (Fsp3) is 0.571. The number of ether oxygens (including phenoxy) is 1. The average Bonchev–Trinajstić information content (AvgIpc) is 2.14. The summed E-state index contributed by atoms with van der Waals surface area (Å²) in [5, 5.41) is 0. The van der Waals surface area contributed by atoms with Crippen LogP contribution in [0, 0.1) is 11.3 Å². The van der Waals surface area contributed by atoms with Crippen molar-refractivity contribution in [2.75, 3.05) is 6.61 Å². The Kier molecular flexibility index (Phi) is 3.78. The van der Waals surface area contributed by atoms with Gasteiger partial charge < -0.3 is 4.74 Å². The van der Waals surface area contributed by atoms with Crippen molar-refractivity contribution in [3.05, 3.63) is 36.1 Å². The molecule has 1 heteroatoms. The molecule has 0 heterocycles. The van der Waals surface area contributed by atoms with Gasteiger partial charge in [-0.05, 0) is 23.5 Å². The van der Waals surface area contributed by atoms with Gasteiger partial charge in [0.2, 0.25) is 0 Å². The molecule has 0 N–H and O–H groups in total. The van der Waals surface area contributed by atoms with E-state index in [1.807, 2.05) is 6.08 Å². The molecule has 0 fully saturated rings. The summed E-state index contributed by atoms with van der Waals surface area (Å²) in [6.07, 6.45) is 7.15. The summed E-state index contributed by atoms with van der Waals surface area (Å²) in [6.45, 7) is 13.3. The van der Waals surface area contributed by atoms with Gasteiger partial charge in [-0.25, -0.2) is 0 Å². The second kappa shape index (κ2) is 4.69. The summed E-state index contributed by atoms with van der Waals surface area (Å²) >= 11 is 0. The summed E-state index contributed by atoms with van der Waals surface area (Å²) in [4.78, 5) is 0. The zero-order valence-corrected chi connectivity index (χ0v) is 10.3. The number of rotatable bonds is 3.